The van der Waals surface area contributed by atoms with Crippen LogP contribution >= 0.6 is 0 Å². The van der Waals surface area contributed by atoms with E-state index < -0.39 is 11.7 Å². The minimum Gasteiger partial charge on any atom is -0.472 e. The molecule has 22 heavy (non-hydrogen) atoms. The molecule has 1 N–H and O–H groups in total. The van der Waals surface area contributed by atoms with Crippen molar-refractivity contribution in [2.75, 3.05) is 12.4 Å². The van der Waals surface area contributed by atoms with E-state index in [1.54, 1.807) is 27.0 Å². The molecule has 0 fully saturated rings. The second-order valence-corrected chi connectivity index (χ2v) is 4.94. The molecule has 1 heterocycles. The minimum absolute atomic E-state index is 0.0696. The van der Waals surface area contributed by atoms with Crippen LogP contribution in [0.15, 0.2) is 30.3 Å². The number of rotatable bonds is 4. The molecular weight excluding hydrogens is 293 g/mol. The van der Waals surface area contributed by atoms with Gasteiger partial charge in [0.2, 0.25) is 5.88 Å². The van der Waals surface area contributed by atoms with E-state index in [1.807, 2.05) is 12.1 Å². The maximum Gasteiger partial charge on any atom is 0.416 e. The van der Waals surface area contributed by atoms with Gasteiger partial charge < -0.3 is 10.1 Å². The third kappa shape index (κ3) is 3.50. The van der Waals surface area contributed by atoms with Crippen molar-refractivity contribution < 1.29 is 17.9 Å². The molecule has 3 nitrogen and oxygen atoms in total. The molecule has 2 rings (SSSR count). The molecule has 1 aromatic carbocycles. The van der Waals surface area contributed by atoms with Crippen LogP contribution in [0.5, 0.6) is 5.88 Å². The van der Waals surface area contributed by atoms with Gasteiger partial charge in [-0.1, -0.05) is 12.1 Å². The number of benzene rings is 1. The number of hydrogen-bond donors (Lipinski definition) is 1. The summed E-state index contributed by atoms with van der Waals surface area (Å²) in [6.45, 7) is 3.40. The zero-order chi connectivity index (χ0) is 16.3. The highest BCUT2D eigenvalue weighted by atomic mass is 19.4. The molecule has 0 aliphatic rings. The predicted octanol–water partition coefficient (Wildman–Crippen LogP) is 4.34. The number of ether oxygens (including phenoxy) is 1. The molecule has 0 radical (unpaired) electrons. The number of alkyl halides is 3. The Kier molecular flexibility index (Phi) is 4.59. The Morgan fingerprint density at radius 3 is 2.50 bits per heavy atom. The van der Waals surface area contributed by atoms with E-state index in [4.69, 9.17) is 4.74 Å². The van der Waals surface area contributed by atoms with Crippen molar-refractivity contribution >= 4 is 5.69 Å². The first-order chi connectivity index (χ1) is 10.3. The van der Waals surface area contributed by atoms with E-state index in [0.29, 0.717) is 11.6 Å². The zero-order valence-corrected chi connectivity index (χ0v) is 12.6. The average molecular weight is 310 g/mol. The van der Waals surface area contributed by atoms with Gasteiger partial charge >= 0.3 is 6.18 Å². The average Bonchev–Trinajstić information content (AvgIpc) is 2.46. The Morgan fingerprint density at radius 1 is 1.14 bits per heavy atom. The van der Waals surface area contributed by atoms with Gasteiger partial charge in [0.15, 0.2) is 0 Å². The van der Waals surface area contributed by atoms with Crippen molar-refractivity contribution in [3.8, 4) is 5.88 Å². The summed E-state index contributed by atoms with van der Waals surface area (Å²) >= 11 is 0. The Labute approximate surface area is 127 Å². The van der Waals surface area contributed by atoms with Crippen molar-refractivity contribution in [3.63, 3.8) is 0 Å². The lowest BCUT2D eigenvalue weighted by Crippen LogP contribution is -2.13. The van der Waals surface area contributed by atoms with Gasteiger partial charge in [-0.25, -0.2) is 4.98 Å². The second kappa shape index (κ2) is 6.25. The predicted molar refractivity (Wildman–Crippen MR) is 79.0 cm³/mol. The number of halogens is 3. The number of pyridine rings is 1. The number of nitrogens with one attached hydrogen (secondary N) is 1. The highest BCUT2D eigenvalue weighted by Crippen LogP contribution is 2.35. The van der Waals surface area contributed by atoms with Gasteiger partial charge in [-0.15, -0.1) is 0 Å². The van der Waals surface area contributed by atoms with Crippen LogP contribution in [-0.2, 0) is 12.8 Å². The molecule has 0 aliphatic heterocycles. The molecule has 0 spiro atoms. The first-order valence-corrected chi connectivity index (χ1v) is 6.77. The number of hydrogen-bond acceptors (Lipinski definition) is 3. The smallest absolute Gasteiger partial charge is 0.416 e. The van der Waals surface area contributed by atoms with Gasteiger partial charge in [0.25, 0.3) is 0 Å². The quantitative estimate of drug-likeness (QED) is 0.912. The van der Waals surface area contributed by atoms with Crippen molar-refractivity contribution in [1.82, 2.24) is 4.98 Å². The molecule has 0 saturated carbocycles. The van der Waals surface area contributed by atoms with E-state index in [9.17, 15) is 13.2 Å². The summed E-state index contributed by atoms with van der Waals surface area (Å²) in [4.78, 5) is 4.21. The van der Waals surface area contributed by atoms with Crippen LogP contribution in [0.1, 0.15) is 22.4 Å². The standard InChI is InChI=1S/C16H17F3N2O/c1-10-7-8-11(2)21-15(10)22-9-12-13(16(17,18)19)5-4-6-14(12)20-3/h4-8,20H,9H2,1-3H3. The van der Waals surface area contributed by atoms with Crippen LogP contribution in [0.3, 0.4) is 0 Å². The van der Waals surface area contributed by atoms with Gasteiger partial charge in [0.05, 0.1) is 5.56 Å². The number of nitrogens with zero attached hydrogens (tertiary/aromatic N) is 1. The molecule has 1 aromatic heterocycles. The van der Waals surface area contributed by atoms with E-state index in [-0.39, 0.29) is 12.2 Å². The van der Waals surface area contributed by atoms with Gasteiger partial charge in [-0.05, 0) is 32.0 Å². The third-order valence-electron chi connectivity index (χ3n) is 3.29. The maximum atomic E-state index is 13.1. The molecule has 0 amide bonds. The fraction of sp³-hybridized carbons (Fsp3) is 0.312. The Hall–Kier alpha value is -2.24. The molecule has 0 aliphatic carbocycles. The van der Waals surface area contributed by atoms with Crippen LogP contribution in [0.4, 0.5) is 18.9 Å². The highest BCUT2D eigenvalue weighted by Gasteiger charge is 2.34. The van der Waals surface area contributed by atoms with E-state index in [0.717, 1.165) is 17.3 Å². The lowest BCUT2D eigenvalue weighted by atomic mass is 10.1. The first kappa shape index (κ1) is 16.1. The molecule has 0 bridgehead atoms. The number of aromatic nitrogens is 1. The minimum atomic E-state index is -4.43. The van der Waals surface area contributed by atoms with Gasteiger partial charge in [-0.3, -0.25) is 0 Å². The van der Waals surface area contributed by atoms with Crippen molar-refractivity contribution in [3.05, 3.63) is 52.7 Å². The van der Waals surface area contributed by atoms with Crippen molar-refractivity contribution in [2.45, 2.75) is 26.6 Å². The lowest BCUT2D eigenvalue weighted by Gasteiger charge is -2.17. The largest absolute Gasteiger partial charge is 0.472 e. The van der Waals surface area contributed by atoms with Crippen LogP contribution in [0.25, 0.3) is 0 Å². The van der Waals surface area contributed by atoms with Crippen molar-refractivity contribution in [2.24, 2.45) is 0 Å². The number of anilines is 1. The normalized spacial score (nSPS) is 11.4. The SMILES string of the molecule is CNc1cccc(C(F)(F)F)c1COc1nc(C)ccc1C. The summed E-state index contributed by atoms with van der Waals surface area (Å²) in [5.41, 5.74) is 1.28. The molecule has 0 unspecified atom stereocenters. The van der Waals surface area contributed by atoms with E-state index in [1.165, 1.54) is 6.07 Å². The maximum absolute atomic E-state index is 13.1. The zero-order valence-electron chi connectivity index (χ0n) is 12.6. The van der Waals surface area contributed by atoms with E-state index >= 15 is 0 Å². The van der Waals surface area contributed by atoms with E-state index in [2.05, 4.69) is 10.3 Å². The molecule has 118 valence electrons. The third-order valence-corrected chi connectivity index (χ3v) is 3.29. The van der Waals surface area contributed by atoms with Crippen molar-refractivity contribution in [1.29, 1.82) is 0 Å². The summed E-state index contributed by atoms with van der Waals surface area (Å²) in [6, 6.07) is 7.66. The molecule has 2 aromatic rings. The highest BCUT2D eigenvalue weighted by molar-refractivity contribution is 5.55. The molecule has 0 saturated heterocycles. The van der Waals surface area contributed by atoms with Crippen LogP contribution in [0.2, 0.25) is 0 Å². The Balaban J connectivity index is 2.34. The first-order valence-electron chi connectivity index (χ1n) is 6.77. The van der Waals surface area contributed by atoms with Gasteiger partial charge in [0.1, 0.15) is 6.61 Å². The second-order valence-electron chi connectivity index (χ2n) is 4.94. The summed E-state index contributed by atoms with van der Waals surface area (Å²) in [5, 5.41) is 2.77. The fourth-order valence-electron chi connectivity index (χ4n) is 2.13. The lowest BCUT2D eigenvalue weighted by molar-refractivity contribution is -0.138. The van der Waals surface area contributed by atoms with Crippen LogP contribution in [-0.4, -0.2) is 12.0 Å². The molecule has 0 atom stereocenters. The Bertz CT molecular complexity index is 669. The Morgan fingerprint density at radius 2 is 1.86 bits per heavy atom. The van der Waals surface area contributed by atoms with Crippen LogP contribution < -0.4 is 10.1 Å². The summed E-state index contributed by atoms with van der Waals surface area (Å²) in [7, 11) is 1.58. The number of aryl methyl sites for hydroxylation is 2. The topological polar surface area (TPSA) is 34.1 Å². The van der Waals surface area contributed by atoms with Gasteiger partial charge in [-0.2, -0.15) is 13.2 Å². The summed E-state index contributed by atoms with van der Waals surface area (Å²) in [6.07, 6.45) is -4.43. The summed E-state index contributed by atoms with van der Waals surface area (Å²) in [5.74, 6) is 0.346. The monoisotopic (exact) mass is 310 g/mol. The van der Waals surface area contributed by atoms with Gasteiger partial charge in [0, 0.05) is 29.6 Å². The fourth-order valence-corrected chi connectivity index (χ4v) is 2.13. The molecular formula is C16H17F3N2O. The molecule has 6 heteroatoms. The van der Waals surface area contributed by atoms with Crippen LogP contribution in [0, 0.1) is 13.8 Å². The summed E-state index contributed by atoms with van der Waals surface area (Å²) < 4.78 is 44.9.